The Labute approximate surface area is 106 Å². The minimum atomic E-state index is -0.253. The van der Waals surface area contributed by atoms with Crippen molar-refractivity contribution in [3.8, 4) is 0 Å². The van der Waals surface area contributed by atoms with Crippen molar-refractivity contribution in [2.45, 2.75) is 18.9 Å². The molecule has 1 unspecified atom stereocenters. The molecule has 0 spiro atoms. The monoisotopic (exact) mass is 253 g/mol. The van der Waals surface area contributed by atoms with E-state index in [1.54, 1.807) is 0 Å². The zero-order chi connectivity index (χ0) is 12.5. The van der Waals surface area contributed by atoms with Crippen LogP contribution in [0.5, 0.6) is 0 Å². The SMILES string of the molecule is O=C1CNC(=O)N1CCN1CCOCC1C1CC1. The summed E-state index contributed by atoms with van der Waals surface area (Å²) in [7, 11) is 0. The molecule has 0 aromatic rings. The van der Waals surface area contributed by atoms with Crippen molar-refractivity contribution in [1.29, 1.82) is 0 Å². The molecule has 3 rings (SSSR count). The van der Waals surface area contributed by atoms with Crippen LogP contribution >= 0.6 is 0 Å². The lowest BCUT2D eigenvalue weighted by Gasteiger charge is -2.36. The largest absolute Gasteiger partial charge is 0.378 e. The van der Waals surface area contributed by atoms with Crippen LogP contribution in [0.2, 0.25) is 0 Å². The number of hydrogen-bond acceptors (Lipinski definition) is 4. The summed E-state index contributed by atoms with van der Waals surface area (Å²) in [5.41, 5.74) is 0. The molecule has 6 heteroatoms. The number of hydrogen-bond donors (Lipinski definition) is 1. The molecule has 1 N–H and O–H groups in total. The Hall–Kier alpha value is -1.14. The topological polar surface area (TPSA) is 61.9 Å². The number of carbonyl (C=O) groups is 2. The van der Waals surface area contributed by atoms with Crippen molar-refractivity contribution >= 4 is 11.9 Å². The minimum Gasteiger partial charge on any atom is -0.378 e. The molecular formula is C12H19N3O3. The van der Waals surface area contributed by atoms with Crippen LogP contribution in [0.15, 0.2) is 0 Å². The van der Waals surface area contributed by atoms with E-state index < -0.39 is 0 Å². The first-order valence-corrected chi connectivity index (χ1v) is 6.65. The lowest BCUT2D eigenvalue weighted by Crippen LogP contribution is -2.50. The van der Waals surface area contributed by atoms with Gasteiger partial charge in [-0.3, -0.25) is 14.6 Å². The van der Waals surface area contributed by atoms with Gasteiger partial charge in [0, 0.05) is 25.7 Å². The molecular weight excluding hydrogens is 234 g/mol. The number of ether oxygens (including phenoxy) is 1. The van der Waals surface area contributed by atoms with Crippen LogP contribution in [-0.2, 0) is 9.53 Å². The molecule has 0 aromatic heterocycles. The summed E-state index contributed by atoms with van der Waals surface area (Å²) < 4.78 is 5.53. The molecule has 2 heterocycles. The van der Waals surface area contributed by atoms with Crippen LogP contribution in [0.1, 0.15) is 12.8 Å². The third-order valence-corrected chi connectivity index (χ3v) is 3.99. The summed E-state index contributed by atoms with van der Waals surface area (Å²) in [5.74, 6) is 0.643. The van der Waals surface area contributed by atoms with Gasteiger partial charge in [-0.05, 0) is 18.8 Å². The van der Waals surface area contributed by atoms with Crippen molar-refractivity contribution in [2.24, 2.45) is 5.92 Å². The van der Waals surface area contributed by atoms with Crippen LogP contribution in [0.25, 0.3) is 0 Å². The van der Waals surface area contributed by atoms with E-state index in [0.717, 1.165) is 32.2 Å². The van der Waals surface area contributed by atoms with Crippen LogP contribution < -0.4 is 5.32 Å². The predicted octanol–water partition coefficient (Wildman–Crippen LogP) is -0.351. The van der Waals surface area contributed by atoms with Gasteiger partial charge < -0.3 is 10.1 Å². The van der Waals surface area contributed by atoms with Crippen molar-refractivity contribution in [2.75, 3.05) is 39.4 Å². The van der Waals surface area contributed by atoms with Gasteiger partial charge in [-0.2, -0.15) is 0 Å². The summed E-state index contributed by atoms with van der Waals surface area (Å²) in [4.78, 5) is 26.6. The molecule has 2 saturated heterocycles. The zero-order valence-electron chi connectivity index (χ0n) is 10.4. The molecule has 1 saturated carbocycles. The number of urea groups is 1. The van der Waals surface area contributed by atoms with Crippen molar-refractivity contribution in [3.63, 3.8) is 0 Å². The first kappa shape index (κ1) is 11.9. The number of carbonyl (C=O) groups excluding carboxylic acids is 2. The van der Waals surface area contributed by atoms with E-state index in [2.05, 4.69) is 10.2 Å². The Kier molecular flexibility index (Phi) is 3.22. The lowest BCUT2D eigenvalue weighted by molar-refractivity contribution is -0.125. The standard InChI is InChI=1S/C12H19N3O3/c16-11-7-13-12(17)15(11)4-3-14-5-6-18-8-10(14)9-1-2-9/h9-10H,1-8H2,(H,13,17). The highest BCUT2D eigenvalue weighted by molar-refractivity contribution is 6.01. The molecule has 2 aliphatic heterocycles. The second-order valence-corrected chi connectivity index (χ2v) is 5.22. The zero-order valence-corrected chi connectivity index (χ0v) is 10.4. The average Bonchev–Trinajstić information content (AvgIpc) is 3.17. The number of imide groups is 1. The first-order valence-electron chi connectivity index (χ1n) is 6.65. The number of nitrogens with one attached hydrogen (secondary N) is 1. The number of rotatable bonds is 4. The molecule has 18 heavy (non-hydrogen) atoms. The van der Waals surface area contributed by atoms with Gasteiger partial charge >= 0.3 is 6.03 Å². The fourth-order valence-electron chi connectivity index (χ4n) is 2.76. The molecule has 1 atom stereocenters. The van der Waals surface area contributed by atoms with Gasteiger partial charge in [0.2, 0.25) is 5.91 Å². The average molecular weight is 253 g/mol. The normalized spacial score (nSPS) is 29.8. The molecule has 3 amide bonds. The van der Waals surface area contributed by atoms with E-state index >= 15 is 0 Å². The lowest BCUT2D eigenvalue weighted by atomic mass is 10.1. The van der Waals surface area contributed by atoms with Crippen molar-refractivity contribution in [3.05, 3.63) is 0 Å². The number of nitrogens with zero attached hydrogens (tertiary/aromatic N) is 2. The maximum Gasteiger partial charge on any atom is 0.324 e. The Balaban J connectivity index is 1.54. The minimum absolute atomic E-state index is 0.115. The summed E-state index contributed by atoms with van der Waals surface area (Å²) in [5, 5.41) is 2.55. The van der Waals surface area contributed by atoms with E-state index in [-0.39, 0.29) is 18.5 Å². The predicted molar refractivity (Wildman–Crippen MR) is 64.0 cm³/mol. The molecule has 100 valence electrons. The second kappa shape index (κ2) is 4.85. The van der Waals surface area contributed by atoms with Crippen LogP contribution in [-0.4, -0.2) is 67.2 Å². The van der Waals surface area contributed by atoms with E-state index in [0.29, 0.717) is 12.6 Å². The quantitative estimate of drug-likeness (QED) is 0.696. The Morgan fingerprint density at radius 1 is 1.28 bits per heavy atom. The molecule has 3 aliphatic rings. The molecule has 1 aliphatic carbocycles. The second-order valence-electron chi connectivity index (χ2n) is 5.22. The van der Waals surface area contributed by atoms with Gasteiger partial charge in [0.15, 0.2) is 0 Å². The fourth-order valence-corrected chi connectivity index (χ4v) is 2.76. The van der Waals surface area contributed by atoms with E-state index in [9.17, 15) is 9.59 Å². The number of amides is 3. The number of morpholine rings is 1. The maximum atomic E-state index is 11.5. The Morgan fingerprint density at radius 2 is 2.11 bits per heavy atom. The highest BCUT2D eigenvalue weighted by Gasteiger charge is 2.37. The van der Waals surface area contributed by atoms with Crippen molar-refractivity contribution < 1.29 is 14.3 Å². The van der Waals surface area contributed by atoms with Gasteiger partial charge in [0.05, 0.1) is 19.8 Å². The molecule has 0 radical (unpaired) electrons. The summed E-state index contributed by atoms with van der Waals surface area (Å²) in [6.07, 6.45) is 2.57. The van der Waals surface area contributed by atoms with Crippen LogP contribution in [0, 0.1) is 5.92 Å². The smallest absolute Gasteiger partial charge is 0.324 e. The summed E-state index contributed by atoms with van der Waals surface area (Å²) in [6, 6.07) is 0.232. The van der Waals surface area contributed by atoms with Gasteiger partial charge in [0.1, 0.15) is 0 Å². The van der Waals surface area contributed by atoms with Gasteiger partial charge in [-0.1, -0.05) is 0 Å². The maximum absolute atomic E-state index is 11.5. The first-order chi connectivity index (χ1) is 8.75. The third-order valence-electron chi connectivity index (χ3n) is 3.99. The Bertz CT molecular complexity index is 340. The van der Waals surface area contributed by atoms with Gasteiger partial charge in [0.25, 0.3) is 0 Å². The van der Waals surface area contributed by atoms with Crippen molar-refractivity contribution in [1.82, 2.24) is 15.1 Å². The van der Waals surface area contributed by atoms with E-state index in [1.165, 1.54) is 17.7 Å². The fraction of sp³-hybridized carbons (Fsp3) is 0.833. The summed E-state index contributed by atoms with van der Waals surface area (Å²) >= 11 is 0. The Morgan fingerprint density at radius 3 is 2.78 bits per heavy atom. The van der Waals surface area contributed by atoms with E-state index in [1.807, 2.05) is 0 Å². The molecule has 0 aromatic carbocycles. The highest BCUT2D eigenvalue weighted by Crippen LogP contribution is 2.36. The third kappa shape index (κ3) is 2.35. The molecule has 6 nitrogen and oxygen atoms in total. The van der Waals surface area contributed by atoms with Crippen LogP contribution in [0.4, 0.5) is 4.79 Å². The molecule has 0 bridgehead atoms. The highest BCUT2D eigenvalue weighted by atomic mass is 16.5. The van der Waals surface area contributed by atoms with Gasteiger partial charge in [-0.15, -0.1) is 0 Å². The molecule has 3 fully saturated rings. The van der Waals surface area contributed by atoms with Crippen LogP contribution in [0.3, 0.4) is 0 Å². The van der Waals surface area contributed by atoms with Gasteiger partial charge in [-0.25, -0.2) is 4.79 Å². The summed E-state index contributed by atoms with van der Waals surface area (Å²) in [6.45, 7) is 3.87. The van der Waals surface area contributed by atoms with E-state index in [4.69, 9.17) is 4.74 Å².